The van der Waals surface area contributed by atoms with Crippen LogP contribution in [0, 0.1) is 11.3 Å². The third kappa shape index (κ3) is 2.93. The summed E-state index contributed by atoms with van der Waals surface area (Å²) in [5.74, 6) is 1.99. The predicted molar refractivity (Wildman–Crippen MR) is 69.6 cm³/mol. The van der Waals surface area contributed by atoms with E-state index >= 15 is 0 Å². The molecule has 16 heavy (non-hydrogen) atoms. The Morgan fingerprint density at radius 3 is 2.81 bits per heavy atom. The van der Waals surface area contributed by atoms with E-state index in [9.17, 15) is 4.79 Å². The maximum Gasteiger partial charge on any atom is 0.220 e. The first-order valence-corrected chi connectivity index (χ1v) is 7.92. The van der Waals surface area contributed by atoms with Crippen molar-refractivity contribution in [2.24, 2.45) is 11.3 Å². The van der Waals surface area contributed by atoms with Gasteiger partial charge in [-0.25, -0.2) is 0 Å². The maximum atomic E-state index is 11.5. The first kappa shape index (κ1) is 12.3. The van der Waals surface area contributed by atoms with E-state index in [1.165, 1.54) is 38.5 Å². The molecule has 2 nitrogen and oxygen atoms in total. The second-order valence-electron chi connectivity index (χ2n) is 5.37. The monoisotopic (exact) mass is 241 g/mol. The minimum atomic E-state index is 0.243. The molecule has 2 aliphatic rings. The maximum absolute atomic E-state index is 11.5. The highest BCUT2D eigenvalue weighted by molar-refractivity contribution is 7.98. The molecule has 0 bridgehead atoms. The number of nitrogens with one attached hydrogen (secondary N) is 1. The van der Waals surface area contributed by atoms with Crippen molar-refractivity contribution in [3.8, 4) is 0 Å². The average molecular weight is 241 g/mol. The van der Waals surface area contributed by atoms with Crippen molar-refractivity contribution in [2.45, 2.75) is 44.9 Å². The minimum absolute atomic E-state index is 0.243. The van der Waals surface area contributed by atoms with Crippen molar-refractivity contribution >= 4 is 17.7 Å². The molecule has 1 spiro atoms. The number of thioether (sulfide) groups is 1. The Morgan fingerprint density at radius 1 is 1.38 bits per heavy atom. The predicted octanol–water partition coefficient (Wildman–Crippen LogP) is 2.83. The van der Waals surface area contributed by atoms with E-state index in [1.807, 2.05) is 6.26 Å². The Kier molecular flexibility index (Phi) is 4.17. The van der Waals surface area contributed by atoms with Gasteiger partial charge >= 0.3 is 0 Å². The van der Waals surface area contributed by atoms with Crippen molar-refractivity contribution in [2.75, 3.05) is 18.6 Å². The molecular formula is C13H23NOS. The van der Waals surface area contributed by atoms with Crippen molar-refractivity contribution in [3.63, 3.8) is 0 Å². The van der Waals surface area contributed by atoms with E-state index in [4.69, 9.17) is 0 Å². The summed E-state index contributed by atoms with van der Waals surface area (Å²) in [4.78, 5) is 11.5. The fraction of sp³-hybridized carbons (Fsp3) is 0.923. The second kappa shape index (κ2) is 5.44. The van der Waals surface area contributed by atoms with E-state index in [-0.39, 0.29) is 5.91 Å². The lowest BCUT2D eigenvalue weighted by molar-refractivity contribution is -0.120. The summed E-state index contributed by atoms with van der Waals surface area (Å²) in [5, 5.41) is 3.10. The second-order valence-corrected chi connectivity index (χ2v) is 6.36. The lowest BCUT2D eigenvalue weighted by atomic mass is 9.84. The SMILES string of the molecule is CSCCC(=O)NCC1CC12CCCCC2. The molecule has 1 atom stereocenters. The van der Waals surface area contributed by atoms with E-state index in [0.29, 0.717) is 11.8 Å². The first-order valence-electron chi connectivity index (χ1n) is 6.52. The Labute approximate surface area is 103 Å². The van der Waals surface area contributed by atoms with Crippen molar-refractivity contribution in [1.29, 1.82) is 0 Å². The van der Waals surface area contributed by atoms with Crippen molar-refractivity contribution in [1.82, 2.24) is 5.32 Å². The zero-order chi connectivity index (χ0) is 11.4. The zero-order valence-corrected chi connectivity index (χ0v) is 11.1. The van der Waals surface area contributed by atoms with Crippen LogP contribution >= 0.6 is 11.8 Å². The molecule has 0 radical (unpaired) electrons. The summed E-state index contributed by atoms with van der Waals surface area (Å²) in [7, 11) is 0. The Morgan fingerprint density at radius 2 is 2.12 bits per heavy atom. The Balaban J connectivity index is 1.63. The largest absolute Gasteiger partial charge is 0.356 e. The van der Waals surface area contributed by atoms with Crippen LogP contribution in [0.4, 0.5) is 0 Å². The Bertz CT molecular complexity index is 248. The number of hydrogen-bond acceptors (Lipinski definition) is 2. The smallest absolute Gasteiger partial charge is 0.220 e. The van der Waals surface area contributed by atoms with Crippen LogP contribution in [0.15, 0.2) is 0 Å². The highest BCUT2D eigenvalue weighted by Crippen LogP contribution is 2.60. The van der Waals surface area contributed by atoms with Crippen molar-refractivity contribution < 1.29 is 4.79 Å². The summed E-state index contributed by atoms with van der Waals surface area (Å²) in [5.41, 5.74) is 0.658. The number of carbonyl (C=O) groups excluding carboxylic acids is 1. The summed E-state index contributed by atoms with van der Waals surface area (Å²) in [6.45, 7) is 0.938. The molecular weight excluding hydrogens is 218 g/mol. The lowest BCUT2D eigenvalue weighted by Crippen LogP contribution is -2.27. The normalized spacial score (nSPS) is 26.7. The van der Waals surface area contributed by atoms with Gasteiger partial charge in [-0.05, 0) is 36.9 Å². The summed E-state index contributed by atoms with van der Waals surface area (Å²) >= 11 is 1.74. The van der Waals surface area contributed by atoms with Crippen LogP contribution in [0.1, 0.15) is 44.9 Å². The number of rotatable bonds is 5. The van der Waals surface area contributed by atoms with Gasteiger partial charge in [0.1, 0.15) is 0 Å². The molecule has 2 aliphatic carbocycles. The first-order chi connectivity index (χ1) is 7.77. The molecule has 1 unspecified atom stereocenters. The number of carbonyl (C=O) groups is 1. The van der Waals surface area contributed by atoms with Crippen LogP contribution in [0.5, 0.6) is 0 Å². The van der Waals surface area contributed by atoms with Gasteiger partial charge in [-0.2, -0.15) is 11.8 Å². The number of hydrogen-bond donors (Lipinski definition) is 1. The standard InChI is InChI=1S/C13H23NOS/c1-16-8-5-12(15)14-10-11-9-13(11)6-3-2-4-7-13/h11H,2-10H2,1H3,(H,14,15). The van der Waals surface area contributed by atoms with Gasteiger partial charge < -0.3 is 5.32 Å². The van der Waals surface area contributed by atoms with Gasteiger partial charge in [-0.15, -0.1) is 0 Å². The van der Waals surface area contributed by atoms with Gasteiger partial charge in [0.15, 0.2) is 0 Å². The molecule has 0 aromatic rings. The average Bonchev–Trinajstić information content (AvgIpc) is 2.97. The molecule has 3 heteroatoms. The van der Waals surface area contributed by atoms with Crippen LogP contribution in [-0.2, 0) is 4.79 Å². The highest BCUT2D eigenvalue weighted by Gasteiger charge is 2.53. The van der Waals surface area contributed by atoms with Gasteiger partial charge in [0.05, 0.1) is 0 Å². The third-order valence-corrected chi connectivity index (χ3v) is 4.90. The van der Waals surface area contributed by atoms with E-state index in [0.717, 1.165) is 18.2 Å². The van der Waals surface area contributed by atoms with Gasteiger partial charge in [0.2, 0.25) is 5.91 Å². The molecule has 0 aliphatic heterocycles. The van der Waals surface area contributed by atoms with Crippen LogP contribution in [-0.4, -0.2) is 24.5 Å². The fourth-order valence-corrected chi connectivity index (χ4v) is 3.50. The van der Waals surface area contributed by atoms with Crippen LogP contribution in [0.25, 0.3) is 0 Å². The molecule has 0 aromatic heterocycles. The van der Waals surface area contributed by atoms with Gasteiger partial charge in [-0.1, -0.05) is 19.3 Å². The summed E-state index contributed by atoms with van der Waals surface area (Å²) in [6.07, 6.45) is 11.2. The van der Waals surface area contributed by atoms with E-state index < -0.39 is 0 Å². The summed E-state index contributed by atoms with van der Waals surface area (Å²) < 4.78 is 0. The summed E-state index contributed by atoms with van der Waals surface area (Å²) in [6, 6.07) is 0. The molecule has 0 saturated heterocycles. The van der Waals surface area contributed by atoms with E-state index in [1.54, 1.807) is 11.8 Å². The molecule has 0 heterocycles. The lowest BCUT2D eigenvalue weighted by Gasteiger charge is -2.22. The van der Waals surface area contributed by atoms with Crippen LogP contribution in [0.3, 0.4) is 0 Å². The topological polar surface area (TPSA) is 29.1 Å². The molecule has 0 aromatic carbocycles. The zero-order valence-electron chi connectivity index (χ0n) is 10.3. The molecule has 2 rings (SSSR count). The van der Waals surface area contributed by atoms with Crippen LogP contribution < -0.4 is 5.32 Å². The molecule has 2 fully saturated rings. The molecule has 92 valence electrons. The number of amides is 1. The van der Waals surface area contributed by atoms with Crippen LogP contribution in [0.2, 0.25) is 0 Å². The quantitative estimate of drug-likeness (QED) is 0.802. The van der Waals surface area contributed by atoms with Gasteiger partial charge in [0, 0.05) is 18.7 Å². The highest BCUT2D eigenvalue weighted by atomic mass is 32.2. The molecule has 2 saturated carbocycles. The van der Waals surface area contributed by atoms with Gasteiger partial charge in [-0.3, -0.25) is 4.79 Å². The van der Waals surface area contributed by atoms with Crippen molar-refractivity contribution in [3.05, 3.63) is 0 Å². The fourth-order valence-electron chi connectivity index (χ4n) is 3.11. The minimum Gasteiger partial charge on any atom is -0.356 e. The Hall–Kier alpha value is -0.180. The molecule has 1 amide bonds. The van der Waals surface area contributed by atoms with Gasteiger partial charge in [0.25, 0.3) is 0 Å². The van der Waals surface area contributed by atoms with E-state index in [2.05, 4.69) is 5.32 Å². The molecule has 1 N–H and O–H groups in total. The third-order valence-electron chi connectivity index (χ3n) is 4.29.